The highest BCUT2D eigenvalue weighted by atomic mass is 32.2. The highest BCUT2D eigenvalue weighted by Gasteiger charge is 2.32. The summed E-state index contributed by atoms with van der Waals surface area (Å²) in [5.41, 5.74) is 0.634. The SMILES string of the molecule is C[C@@H]1CN(S(=O)(=O)c2ccc(C(=O)N=c3sc4cccc(F)c4n3C)cc2)C[C@H](C)O1. The molecule has 2 atom stereocenters. The predicted octanol–water partition coefficient (Wildman–Crippen LogP) is 2.92. The van der Waals surface area contributed by atoms with E-state index >= 15 is 0 Å². The number of halogens is 1. The van der Waals surface area contributed by atoms with E-state index in [0.717, 1.165) is 0 Å². The number of amides is 1. The van der Waals surface area contributed by atoms with Gasteiger partial charge in [0.25, 0.3) is 5.91 Å². The summed E-state index contributed by atoms with van der Waals surface area (Å²) in [7, 11) is -2.04. The molecule has 0 bridgehead atoms. The van der Waals surface area contributed by atoms with E-state index in [0.29, 0.717) is 15.0 Å². The lowest BCUT2D eigenvalue weighted by molar-refractivity contribution is -0.0440. The summed E-state index contributed by atoms with van der Waals surface area (Å²) in [6.45, 7) is 4.23. The molecule has 0 aliphatic carbocycles. The molecule has 2 aromatic carbocycles. The zero-order chi connectivity index (χ0) is 22.3. The number of aromatic nitrogens is 1. The standard InChI is InChI=1S/C21H22FN3O4S2/c1-13-11-25(12-14(2)29-13)31(27,28)16-9-7-15(8-10-16)20(26)23-21-24(3)19-17(22)5-4-6-18(19)30-21/h4-10,13-14H,11-12H2,1-3H3/t13-,14+. The largest absolute Gasteiger partial charge is 0.373 e. The molecular weight excluding hydrogens is 441 g/mol. The molecule has 1 aromatic heterocycles. The van der Waals surface area contributed by atoms with Gasteiger partial charge in [-0.25, -0.2) is 12.8 Å². The third-order valence-electron chi connectivity index (χ3n) is 5.10. The molecule has 4 rings (SSSR count). The summed E-state index contributed by atoms with van der Waals surface area (Å²) >= 11 is 1.21. The lowest BCUT2D eigenvalue weighted by Crippen LogP contribution is -2.48. The van der Waals surface area contributed by atoms with Gasteiger partial charge in [-0.05, 0) is 50.2 Å². The van der Waals surface area contributed by atoms with Gasteiger partial charge < -0.3 is 9.30 Å². The van der Waals surface area contributed by atoms with Gasteiger partial charge in [-0.3, -0.25) is 4.79 Å². The first-order valence-electron chi connectivity index (χ1n) is 9.75. The number of nitrogens with zero attached hydrogens (tertiary/aromatic N) is 3. The Kier molecular flexibility index (Phi) is 5.82. The number of ether oxygens (including phenoxy) is 1. The number of carbonyl (C=O) groups is 1. The normalized spacial score (nSPS) is 21.0. The number of hydrogen-bond acceptors (Lipinski definition) is 5. The second-order valence-corrected chi connectivity index (χ2v) is 10.5. The molecular formula is C21H22FN3O4S2. The lowest BCUT2D eigenvalue weighted by Gasteiger charge is -2.34. The van der Waals surface area contributed by atoms with E-state index in [1.807, 2.05) is 13.8 Å². The van der Waals surface area contributed by atoms with Crippen LogP contribution in [0.4, 0.5) is 4.39 Å². The van der Waals surface area contributed by atoms with Crippen LogP contribution in [0.5, 0.6) is 0 Å². The fourth-order valence-electron chi connectivity index (χ4n) is 3.66. The van der Waals surface area contributed by atoms with Crippen LogP contribution in [0.2, 0.25) is 0 Å². The maximum atomic E-state index is 14.1. The Morgan fingerprint density at radius 3 is 2.39 bits per heavy atom. The monoisotopic (exact) mass is 463 g/mol. The number of thiazole rings is 1. The van der Waals surface area contributed by atoms with Crippen molar-refractivity contribution in [2.45, 2.75) is 31.0 Å². The molecule has 1 aliphatic rings. The van der Waals surface area contributed by atoms with Crippen molar-refractivity contribution in [1.82, 2.24) is 8.87 Å². The molecule has 0 saturated carbocycles. The molecule has 1 aliphatic heterocycles. The van der Waals surface area contributed by atoms with Crippen molar-refractivity contribution in [3.05, 3.63) is 58.6 Å². The van der Waals surface area contributed by atoms with Gasteiger partial charge in [0.2, 0.25) is 10.0 Å². The Balaban J connectivity index is 1.61. The summed E-state index contributed by atoms with van der Waals surface area (Å²) in [6, 6.07) is 10.4. The third kappa shape index (κ3) is 4.20. The van der Waals surface area contributed by atoms with E-state index in [1.54, 1.807) is 19.2 Å². The molecule has 0 radical (unpaired) electrons. The predicted molar refractivity (Wildman–Crippen MR) is 116 cm³/mol. The van der Waals surface area contributed by atoms with Crippen LogP contribution in [0.3, 0.4) is 0 Å². The Morgan fingerprint density at radius 1 is 1.13 bits per heavy atom. The van der Waals surface area contributed by atoms with Crippen molar-refractivity contribution in [3.8, 4) is 0 Å². The van der Waals surface area contributed by atoms with Crippen molar-refractivity contribution in [1.29, 1.82) is 0 Å². The zero-order valence-electron chi connectivity index (χ0n) is 17.3. The van der Waals surface area contributed by atoms with Crippen molar-refractivity contribution in [2.75, 3.05) is 13.1 Å². The molecule has 0 spiro atoms. The molecule has 0 unspecified atom stereocenters. The first-order valence-corrected chi connectivity index (χ1v) is 12.0. The minimum atomic E-state index is -3.69. The maximum absolute atomic E-state index is 14.1. The smallest absolute Gasteiger partial charge is 0.279 e. The zero-order valence-corrected chi connectivity index (χ0v) is 18.9. The molecule has 31 heavy (non-hydrogen) atoms. The Labute approximate surface area is 183 Å². The first kappa shape index (κ1) is 21.8. The molecule has 10 heteroatoms. The van der Waals surface area contributed by atoms with Gasteiger partial charge in [-0.15, -0.1) is 0 Å². The number of aryl methyl sites for hydroxylation is 1. The molecule has 1 saturated heterocycles. The van der Waals surface area contributed by atoms with Crippen LogP contribution in [0.1, 0.15) is 24.2 Å². The lowest BCUT2D eigenvalue weighted by atomic mass is 10.2. The maximum Gasteiger partial charge on any atom is 0.279 e. The van der Waals surface area contributed by atoms with Crippen LogP contribution in [-0.4, -0.2) is 48.5 Å². The number of hydrogen-bond donors (Lipinski definition) is 0. The number of benzene rings is 2. The van der Waals surface area contributed by atoms with E-state index in [9.17, 15) is 17.6 Å². The van der Waals surface area contributed by atoms with Gasteiger partial charge in [-0.2, -0.15) is 9.30 Å². The van der Waals surface area contributed by atoms with Crippen LogP contribution < -0.4 is 4.80 Å². The van der Waals surface area contributed by atoms with E-state index in [2.05, 4.69) is 4.99 Å². The van der Waals surface area contributed by atoms with Crippen molar-refractivity contribution in [2.24, 2.45) is 12.0 Å². The number of carbonyl (C=O) groups excluding carboxylic acids is 1. The molecule has 7 nitrogen and oxygen atoms in total. The average molecular weight is 464 g/mol. The number of fused-ring (bicyclic) bond motifs is 1. The van der Waals surface area contributed by atoms with Crippen LogP contribution in [0, 0.1) is 5.82 Å². The van der Waals surface area contributed by atoms with Gasteiger partial charge >= 0.3 is 0 Å². The summed E-state index contributed by atoms with van der Waals surface area (Å²) in [5, 5.41) is 0. The molecule has 3 aromatic rings. The Morgan fingerprint density at radius 2 is 1.77 bits per heavy atom. The second-order valence-electron chi connectivity index (χ2n) is 7.55. The highest BCUT2D eigenvalue weighted by molar-refractivity contribution is 7.89. The Bertz CT molecular complexity index is 1300. The fourth-order valence-corrected chi connectivity index (χ4v) is 6.28. The third-order valence-corrected chi connectivity index (χ3v) is 8.04. The molecule has 164 valence electrons. The first-order chi connectivity index (χ1) is 14.7. The summed E-state index contributed by atoms with van der Waals surface area (Å²) in [6.07, 6.45) is -0.380. The van der Waals surface area contributed by atoms with E-state index < -0.39 is 15.9 Å². The van der Waals surface area contributed by atoms with Gasteiger partial charge in [0.15, 0.2) is 4.80 Å². The minimum absolute atomic E-state index is 0.111. The minimum Gasteiger partial charge on any atom is -0.373 e. The summed E-state index contributed by atoms with van der Waals surface area (Å²) in [4.78, 5) is 17.2. The fraction of sp³-hybridized carbons (Fsp3) is 0.333. The van der Waals surface area contributed by atoms with E-state index in [1.165, 1.54) is 50.5 Å². The van der Waals surface area contributed by atoms with Crippen molar-refractivity contribution in [3.63, 3.8) is 0 Å². The number of rotatable bonds is 3. The average Bonchev–Trinajstić information content (AvgIpc) is 3.04. The van der Waals surface area contributed by atoms with Crippen molar-refractivity contribution < 1.29 is 22.3 Å². The van der Waals surface area contributed by atoms with Crippen molar-refractivity contribution >= 4 is 37.5 Å². The van der Waals surface area contributed by atoms with Gasteiger partial charge in [0.05, 0.1) is 27.3 Å². The molecule has 2 heterocycles. The summed E-state index contributed by atoms with van der Waals surface area (Å²) < 4.78 is 49.2. The van der Waals surface area contributed by atoms with Crippen LogP contribution in [-0.2, 0) is 21.8 Å². The van der Waals surface area contributed by atoms with Gasteiger partial charge in [0.1, 0.15) is 5.82 Å². The van der Waals surface area contributed by atoms with E-state index in [-0.39, 0.29) is 41.6 Å². The topological polar surface area (TPSA) is 81.0 Å². The number of para-hydroxylation sites is 1. The molecule has 1 amide bonds. The Hall–Kier alpha value is -2.40. The van der Waals surface area contributed by atoms with Gasteiger partial charge in [0, 0.05) is 25.7 Å². The van der Waals surface area contributed by atoms with Crippen LogP contribution in [0.25, 0.3) is 10.2 Å². The van der Waals surface area contributed by atoms with Crippen LogP contribution in [0.15, 0.2) is 52.4 Å². The molecule has 0 N–H and O–H groups in total. The second kappa shape index (κ2) is 8.27. The number of morpholine rings is 1. The number of sulfonamides is 1. The van der Waals surface area contributed by atoms with Crippen LogP contribution >= 0.6 is 11.3 Å². The van der Waals surface area contributed by atoms with E-state index in [4.69, 9.17) is 4.74 Å². The summed E-state index contributed by atoms with van der Waals surface area (Å²) in [5.74, 6) is -0.911. The van der Waals surface area contributed by atoms with Gasteiger partial charge in [-0.1, -0.05) is 17.4 Å². The highest BCUT2D eigenvalue weighted by Crippen LogP contribution is 2.22. The quantitative estimate of drug-likeness (QED) is 0.598. The molecule has 1 fully saturated rings.